The zero-order chi connectivity index (χ0) is 18.9. The molecule has 0 fully saturated rings. The van der Waals surface area contributed by atoms with E-state index >= 15 is 0 Å². The van der Waals surface area contributed by atoms with E-state index in [-0.39, 0.29) is 31.3 Å². The molecule has 0 heterocycles. The maximum Gasteiger partial charge on any atom is 0.306 e. The van der Waals surface area contributed by atoms with Crippen molar-refractivity contribution >= 4 is 29.3 Å². The molecule has 0 spiro atoms. The number of carbonyl (C=O) groups is 3. The predicted molar refractivity (Wildman–Crippen MR) is 99.0 cm³/mol. The summed E-state index contributed by atoms with van der Waals surface area (Å²) in [6.45, 7) is 1.42. The fraction of sp³-hybridized carbons (Fsp3) is 0.250. The smallest absolute Gasteiger partial charge is 0.306 e. The Morgan fingerprint density at radius 3 is 2.46 bits per heavy atom. The lowest BCUT2D eigenvalue weighted by molar-refractivity contribution is -0.148. The average Bonchev–Trinajstić information content (AvgIpc) is 2.65. The van der Waals surface area contributed by atoms with Crippen LogP contribution in [0.15, 0.2) is 54.6 Å². The predicted octanol–water partition coefficient (Wildman–Crippen LogP) is 3.72. The first-order chi connectivity index (χ1) is 12.5. The standard InChI is InChI=1S/C20H20ClNO4/c1-14(16-8-5-9-17(21)12-16)22-19(24)13-26-20(25)11-10-18(23)15-6-3-2-4-7-15/h2-9,12,14H,10-11,13H2,1H3,(H,22,24)/t14-/m0/s1. The van der Waals surface area contributed by atoms with Crippen LogP contribution in [0.2, 0.25) is 5.02 Å². The Morgan fingerprint density at radius 2 is 1.77 bits per heavy atom. The average molecular weight is 374 g/mol. The summed E-state index contributed by atoms with van der Waals surface area (Å²) >= 11 is 5.92. The Bertz CT molecular complexity index is 776. The zero-order valence-electron chi connectivity index (χ0n) is 14.4. The molecular weight excluding hydrogens is 354 g/mol. The van der Waals surface area contributed by atoms with E-state index in [1.807, 2.05) is 19.1 Å². The lowest BCUT2D eigenvalue weighted by Crippen LogP contribution is -2.31. The molecule has 1 atom stereocenters. The molecule has 0 aliphatic rings. The zero-order valence-corrected chi connectivity index (χ0v) is 15.2. The number of amides is 1. The van der Waals surface area contributed by atoms with E-state index < -0.39 is 11.9 Å². The number of carbonyl (C=O) groups excluding carboxylic acids is 3. The van der Waals surface area contributed by atoms with Gasteiger partial charge in [0.2, 0.25) is 0 Å². The van der Waals surface area contributed by atoms with Gasteiger partial charge < -0.3 is 10.1 Å². The summed E-state index contributed by atoms with van der Waals surface area (Å²) in [5.74, 6) is -1.14. The van der Waals surface area contributed by atoms with Crippen LogP contribution in [0.25, 0.3) is 0 Å². The number of rotatable bonds is 8. The molecule has 0 aliphatic heterocycles. The summed E-state index contributed by atoms with van der Waals surface area (Å²) < 4.78 is 4.92. The number of Topliss-reactive ketones (excluding diaryl/α,β-unsaturated/α-hetero) is 1. The Hall–Kier alpha value is -2.66. The van der Waals surface area contributed by atoms with Crippen LogP contribution < -0.4 is 5.32 Å². The van der Waals surface area contributed by atoms with Crippen LogP contribution in [-0.4, -0.2) is 24.3 Å². The molecule has 0 aromatic heterocycles. The van der Waals surface area contributed by atoms with Gasteiger partial charge in [0.25, 0.3) is 5.91 Å². The molecule has 0 saturated heterocycles. The summed E-state index contributed by atoms with van der Waals surface area (Å²) in [6, 6.07) is 15.6. The van der Waals surface area contributed by atoms with Gasteiger partial charge in [-0.05, 0) is 24.6 Å². The van der Waals surface area contributed by atoms with Crippen molar-refractivity contribution < 1.29 is 19.1 Å². The molecule has 0 bridgehead atoms. The number of ketones is 1. The van der Waals surface area contributed by atoms with E-state index in [0.717, 1.165) is 5.56 Å². The van der Waals surface area contributed by atoms with E-state index in [2.05, 4.69) is 5.32 Å². The summed E-state index contributed by atoms with van der Waals surface area (Å²) in [6.07, 6.45) is -0.0196. The molecule has 26 heavy (non-hydrogen) atoms. The van der Waals surface area contributed by atoms with Crippen molar-refractivity contribution in [2.24, 2.45) is 0 Å². The monoisotopic (exact) mass is 373 g/mol. The molecule has 2 aromatic rings. The van der Waals surface area contributed by atoms with Gasteiger partial charge in [0, 0.05) is 17.0 Å². The molecule has 6 heteroatoms. The lowest BCUT2D eigenvalue weighted by atomic mass is 10.1. The van der Waals surface area contributed by atoms with Crippen molar-refractivity contribution in [1.82, 2.24) is 5.32 Å². The number of hydrogen-bond acceptors (Lipinski definition) is 4. The molecule has 2 rings (SSSR count). The third kappa shape index (κ3) is 6.33. The van der Waals surface area contributed by atoms with Gasteiger partial charge >= 0.3 is 5.97 Å². The van der Waals surface area contributed by atoms with Gasteiger partial charge in [0.15, 0.2) is 12.4 Å². The first-order valence-electron chi connectivity index (χ1n) is 8.24. The van der Waals surface area contributed by atoms with Crippen LogP contribution in [0.3, 0.4) is 0 Å². The largest absolute Gasteiger partial charge is 0.456 e. The summed E-state index contributed by atoms with van der Waals surface area (Å²) in [5, 5.41) is 3.31. The molecule has 1 amide bonds. The van der Waals surface area contributed by atoms with Gasteiger partial charge in [-0.3, -0.25) is 14.4 Å². The third-order valence-corrected chi connectivity index (χ3v) is 3.98. The fourth-order valence-corrected chi connectivity index (χ4v) is 2.54. The Kier molecular flexibility index (Phi) is 7.36. The van der Waals surface area contributed by atoms with Crippen molar-refractivity contribution in [3.8, 4) is 0 Å². The van der Waals surface area contributed by atoms with Crippen LogP contribution in [0.5, 0.6) is 0 Å². The quantitative estimate of drug-likeness (QED) is 0.565. The Labute approximate surface area is 157 Å². The van der Waals surface area contributed by atoms with Gasteiger partial charge in [-0.1, -0.05) is 54.1 Å². The number of hydrogen-bond donors (Lipinski definition) is 1. The molecule has 5 nitrogen and oxygen atoms in total. The van der Waals surface area contributed by atoms with Crippen LogP contribution in [0.1, 0.15) is 41.7 Å². The normalized spacial score (nSPS) is 11.5. The summed E-state index contributed by atoms with van der Waals surface area (Å²) in [5.41, 5.74) is 1.40. The molecule has 0 aliphatic carbocycles. The summed E-state index contributed by atoms with van der Waals surface area (Å²) in [4.78, 5) is 35.5. The Balaban J connectivity index is 1.71. The van der Waals surface area contributed by atoms with E-state index in [0.29, 0.717) is 10.6 Å². The minimum Gasteiger partial charge on any atom is -0.456 e. The number of nitrogens with one attached hydrogen (secondary N) is 1. The van der Waals surface area contributed by atoms with Crippen LogP contribution in [-0.2, 0) is 14.3 Å². The lowest BCUT2D eigenvalue weighted by Gasteiger charge is -2.14. The van der Waals surface area contributed by atoms with Crippen molar-refractivity contribution in [1.29, 1.82) is 0 Å². The van der Waals surface area contributed by atoms with Crippen LogP contribution in [0.4, 0.5) is 0 Å². The van der Waals surface area contributed by atoms with Gasteiger partial charge in [-0.2, -0.15) is 0 Å². The van der Waals surface area contributed by atoms with E-state index in [9.17, 15) is 14.4 Å². The fourth-order valence-electron chi connectivity index (χ4n) is 2.34. The second-order valence-electron chi connectivity index (χ2n) is 5.79. The highest BCUT2D eigenvalue weighted by atomic mass is 35.5. The first-order valence-corrected chi connectivity index (χ1v) is 8.62. The number of esters is 1. The number of halogens is 1. The van der Waals surface area contributed by atoms with Crippen molar-refractivity contribution in [3.05, 3.63) is 70.7 Å². The third-order valence-electron chi connectivity index (χ3n) is 3.74. The highest BCUT2D eigenvalue weighted by molar-refractivity contribution is 6.30. The number of ether oxygens (including phenoxy) is 1. The molecule has 136 valence electrons. The number of benzene rings is 2. The minimum absolute atomic E-state index is 0.0450. The van der Waals surface area contributed by atoms with E-state index in [4.69, 9.17) is 16.3 Å². The van der Waals surface area contributed by atoms with Gasteiger partial charge in [0.05, 0.1) is 12.5 Å². The van der Waals surface area contributed by atoms with Crippen molar-refractivity contribution in [2.75, 3.05) is 6.61 Å². The first kappa shape index (κ1) is 19.7. The SMILES string of the molecule is C[C@H](NC(=O)COC(=O)CCC(=O)c1ccccc1)c1cccc(Cl)c1. The van der Waals surface area contributed by atoms with Crippen LogP contribution in [0, 0.1) is 0 Å². The highest BCUT2D eigenvalue weighted by Gasteiger charge is 2.14. The minimum atomic E-state index is -0.583. The maximum absolute atomic E-state index is 11.9. The summed E-state index contributed by atoms with van der Waals surface area (Å²) in [7, 11) is 0. The second kappa shape index (κ2) is 9.73. The maximum atomic E-state index is 11.9. The Morgan fingerprint density at radius 1 is 1.04 bits per heavy atom. The van der Waals surface area contributed by atoms with E-state index in [1.165, 1.54) is 0 Å². The van der Waals surface area contributed by atoms with Crippen molar-refractivity contribution in [2.45, 2.75) is 25.8 Å². The van der Waals surface area contributed by atoms with Crippen molar-refractivity contribution in [3.63, 3.8) is 0 Å². The van der Waals surface area contributed by atoms with E-state index in [1.54, 1.807) is 42.5 Å². The van der Waals surface area contributed by atoms with Gasteiger partial charge in [0.1, 0.15) is 0 Å². The molecule has 0 radical (unpaired) electrons. The molecule has 0 saturated carbocycles. The van der Waals surface area contributed by atoms with Gasteiger partial charge in [-0.25, -0.2) is 0 Å². The molecule has 1 N–H and O–H groups in total. The molecular formula is C20H20ClNO4. The second-order valence-corrected chi connectivity index (χ2v) is 6.23. The molecule has 0 unspecified atom stereocenters. The highest BCUT2D eigenvalue weighted by Crippen LogP contribution is 2.17. The molecule has 2 aromatic carbocycles. The van der Waals surface area contributed by atoms with Gasteiger partial charge in [-0.15, -0.1) is 0 Å². The van der Waals surface area contributed by atoms with Crippen LogP contribution >= 0.6 is 11.6 Å². The topological polar surface area (TPSA) is 72.5 Å².